The van der Waals surface area contributed by atoms with Gasteiger partial charge in [0.1, 0.15) is 5.75 Å². The van der Waals surface area contributed by atoms with Crippen LogP contribution in [0.5, 0.6) is 5.75 Å². The molecule has 0 aliphatic rings. The van der Waals surface area contributed by atoms with E-state index in [1.54, 1.807) is 23.5 Å². The molecular formula is C16H21N3OS. The molecule has 0 aliphatic carbocycles. The van der Waals surface area contributed by atoms with Crippen LogP contribution >= 0.6 is 11.3 Å². The number of nitrogens with zero attached hydrogens (tertiary/aromatic N) is 2. The van der Waals surface area contributed by atoms with Crippen molar-refractivity contribution < 1.29 is 5.11 Å². The molecule has 21 heavy (non-hydrogen) atoms. The molecule has 2 rings (SSSR count). The highest BCUT2D eigenvalue weighted by Crippen LogP contribution is 2.11. The quantitative estimate of drug-likeness (QED) is 0.659. The summed E-state index contributed by atoms with van der Waals surface area (Å²) in [6.07, 6.45) is 0. The third kappa shape index (κ3) is 4.79. The minimum Gasteiger partial charge on any atom is -0.508 e. The first-order valence-electron chi connectivity index (χ1n) is 6.97. The van der Waals surface area contributed by atoms with E-state index >= 15 is 0 Å². The molecule has 4 nitrogen and oxygen atoms in total. The maximum absolute atomic E-state index is 9.29. The molecule has 0 unspecified atom stereocenters. The van der Waals surface area contributed by atoms with Crippen LogP contribution in [0.4, 0.5) is 0 Å². The fraction of sp³-hybridized carbons (Fsp3) is 0.312. The van der Waals surface area contributed by atoms with Crippen molar-refractivity contribution >= 4 is 17.3 Å². The van der Waals surface area contributed by atoms with Crippen molar-refractivity contribution in [3.63, 3.8) is 0 Å². The van der Waals surface area contributed by atoms with E-state index < -0.39 is 0 Å². The Kier molecular flexibility index (Phi) is 5.63. The fourth-order valence-corrected chi connectivity index (χ4v) is 2.63. The number of guanidine groups is 1. The second-order valence-electron chi connectivity index (χ2n) is 4.82. The third-order valence-electron chi connectivity index (χ3n) is 3.04. The Balaban J connectivity index is 2.02. The van der Waals surface area contributed by atoms with Crippen molar-refractivity contribution in [1.29, 1.82) is 0 Å². The minimum absolute atomic E-state index is 0.282. The molecule has 0 saturated heterocycles. The number of aromatic hydroxyl groups is 1. The molecule has 0 aliphatic heterocycles. The number of nitrogens with one attached hydrogen (secondary N) is 1. The van der Waals surface area contributed by atoms with Crippen molar-refractivity contribution in [2.75, 3.05) is 13.6 Å². The molecule has 112 valence electrons. The van der Waals surface area contributed by atoms with Crippen molar-refractivity contribution in [2.24, 2.45) is 4.99 Å². The number of aliphatic imine (C=N–C) groups is 1. The van der Waals surface area contributed by atoms with Gasteiger partial charge in [-0.25, -0.2) is 4.99 Å². The fourth-order valence-electron chi connectivity index (χ4n) is 1.97. The van der Waals surface area contributed by atoms with Gasteiger partial charge in [-0.3, -0.25) is 0 Å². The molecule has 0 amide bonds. The summed E-state index contributed by atoms with van der Waals surface area (Å²) in [5.74, 6) is 1.17. The van der Waals surface area contributed by atoms with Crippen LogP contribution in [-0.4, -0.2) is 29.6 Å². The van der Waals surface area contributed by atoms with Gasteiger partial charge < -0.3 is 15.3 Å². The molecular weight excluding hydrogens is 282 g/mol. The summed E-state index contributed by atoms with van der Waals surface area (Å²) in [4.78, 5) is 6.76. The molecule has 2 N–H and O–H groups in total. The summed E-state index contributed by atoms with van der Waals surface area (Å²) in [5, 5.41) is 16.8. The normalized spacial score (nSPS) is 11.4. The number of phenolic OH excluding ortho intramolecular Hbond substituents is 1. The number of phenols is 1. The lowest BCUT2D eigenvalue weighted by Gasteiger charge is -2.21. The number of benzene rings is 1. The van der Waals surface area contributed by atoms with Crippen LogP contribution in [0.1, 0.15) is 18.1 Å². The van der Waals surface area contributed by atoms with Crippen LogP contribution in [0.3, 0.4) is 0 Å². The second-order valence-corrected chi connectivity index (χ2v) is 5.60. The molecule has 0 atom stereocenters. The Morgan fingerprint density at radius 2 is 2.00 bits per heavy atom. The van der Waals surface area contributed by atoms with Crippen LogP contribution in [0, 0.1) is 0 Å². The van der Waals surface area contributed by atoms with E-state index in [9.17, 15) is 5.11 Å². The largest absolute Gasteiger partial charge is 0.508 e. The monoisotopic (exact) mass is 303 g/mol. The van der Waals surface area contributed by atoms with E-state index in [0.717, 1.165) is 24.6 Å². The van der Waals surface area contributed by atoms with Gasteiger partial charge >= 0.3 is 0 Å². The van der Waals surface area contributed by atoms with Gasteiger partial charge in [0, 0.05) is 20.1 Å². The van der Waals surface area contributed by atoms with Crippen LogP contribution < -0.4 is 5.32 Å². The van der Waals surface area contributed by atoms with Gasteiger partial charge in [0.05, 0.1) is 6.54 Å². The molecule has 0 spiro atoms. The van der Waals surface area contributed by atoms with Gasteiger partial charge in [0.25, 0.3) is 0 Å². The third-order valence-corrected chi connectivity index (χ3v) is 3.78. The number of hydrogen-bond donors (Lipinski definition) is 2. The van der Waals surface area contributed by atoms with Crippen LogP contribution in [0.2, 0.25) is 0 Å². The Labute approximate surface area is 129 Å². The molecule has 0 saturated carbocycles. The number of hydrogen-bond acceptors (Lipinski definition) is 3. The van der Waals surface area contributed by atoms with Crippen molar-refractivity contribution in [1.82, 2.24) is 10.2 Å². The van der Waals surface area contributed by atoms with Crippen LogP contribution in [0.15, 0.2) is 46.1 Å². The first kappa shape index (κ1) is 15.4. The van der Waals surface area contributed by atoms with Gasteiger partial charge in [0.2, 0.25) is 0 Å². The van der Waals surface area contributed by atoms with Gasteiger partial charge in [0.15, 0.2) is 5.96 Å². The van der Waals surface area contributed by atoms with Gasteiger partial charge in [-0.15, -0.1) is 0 Å². The van der Waals surface area contributed by atoms with Crippen molar-refractivity contribution in [3.8, 4) is 5.75 Å². The second kappa shape index (κ2) is 7.69. The molecule has 2 aromatic rings. The average Bonchev–Trinajstić information content (AvgIpc) is 2.98. The van der Waals surface area contributed by atoms with E-state index in [4.69, 9.17) is 0 Å². The zero-order valence-electron chi connectivity index (χ0n) is 12.4. The van der Waals surface area contributed by atoms with Crippen LogP contribution in [-0.2, 0) is 13.1 Å². The molecule has 0 fully saturated rings. The lowest BCUT2D eigenvalue weighted by Crippen LogP contribution is -2.38. The molecule has 1 aromatic carbocycles. The Bertz CT molecular complexity index is 564. The predicted molar refractivity (Wildman–Crippen MR) is 88.7 cm³/mol. The predicted octanol–water partition coefficient (Wildman–Crippen LogP) is 3.05. The maximum Gasteiger partial charge on any atom is 0.194 e. The van der Waals surface area contributed by atoms with Gasteiger partial charge in [-0.1, -0.05) is 12.1 Å². The van der Waals surface area contributed by atoms with Crippen molar-refractivity contribution in [3.05, 3.63) is 52.2 Å². The molecule has 0 bridgehead atoms. The standard InChI is InChI=1S/C16H21N3OS/c1-3-17-16(19(2)11-14-8-9-21-12-14)18-10-13-4-6-15(20)7-5-13/h4-9,12,20H,3,10-11H2,1-2H3,(H,17,18). The zero-order valence-corrected chi connectivity index (χ0v) is 13.2. The van der Waals surface area contributed by atoms with E-state index in [0.29, 0.717) is 6.54 Å². The molecule has 0 radical (unpaired) electrons. The SMILES string of the molecule is CCNC(=NCc1ccc(O)cc1)N(C)Cc1ccsc1. The van der Waals surface area contributed by atoms with Gasteiger partial charge in [-0.2, -0.15) is 11.3 Å². The zero-order chi connectivity index (χ0) is 15.1. The van der Waals surface area contributed by atoms with E-state index in [1.165, 1.54) is 5.56 Å². The maximum atomic E-state index is 9.29. The van der Waals surface area contributed by atoms with E-state index in [2.05, 4.69) is 39.0 Å². The molecule has 5 heteroatoms. The molecule has 1 aromatic heterocycles. The Hall–Kier alpha value is -2.01. The summed E-state index contributed by atoms with van der Waals surface area (Å²) >= 11 is 1.71. The van der Waals surface area contributed by atoms with E-state index in [1.807, 2.05) is 19.2 Å². The molecule has 1 heterocycles. The highest BCUT2D eigenvalue weighted by molar-refractivity contribution is 7.07. The summed E-state index contributed by atoms with van der Waals surface area (Å²) in [5.41, 5.74) is 2.37. The first-order chi connectivity index (χ1) is 10.2. The van der Waals surface area contributed by atoms with Gasteiger partial charge in [-0.05, 0) is 47.0 Å². The van der Waals surface area contributed by atoms with E-state index in [-0.39, 0.29) is 5.75 Å². The smallest absolute Gasteiger partial charge is 0.194 e. The first-order valence-corrected chi connectivity index (χ1v) is 7.91. The lowest BCUT2D eigenvalue weighted by atomic mass is 10.2. The Morgan fingerprint density at radius 3 is 2.62 bits per heavy atom. The highest BCUT2D eigenvalue weighted by atomic mass is 32.1. The lowest BCUT2D eigenvalue weighted by molar-refractivity contribution is 0.474. The summed E-state index contributed by atoms with van der Waals surface area (Å²) in [6, 6.07) is 9.28. The topological polar surface area (TPSA) is 47.9 Å². The average molecular weight is 303 g/mol. The van der Waals surface area contributed by atoms with Crippen LogP contribution in [0.25, 0.3) is 0 Å². The highest BCUT2D eigenvalue weighted by Gasteiger charge is 2.06. The number of rotatable bonds is 5. The van der Waals surface area contributed by atoms with Crippen molar-refractivity contribution in [2.45, 2.75) is 20.0 Å². The number of thiophene rings is 1. The summed E-state index contributed by atoms with van der Waals surface area (Å²) < 4.78 is 0. The summed E-state index contributed by atoms with van der Waals surface area (Å²) in [6.45, 7) is 4.33. The minimum atomic E-state index is 0.282. The Morgan fingerprint density at radius 1 is 1.24 bits per heavy atom. The summed E-state index contributed by atoms with van der Waals surface area (Å²) in [7, 11) is 2.04.